The summed E-state index contributed by atoms with van der Waals surface area (Å²) in [7, 11) is 1.90. The predicted molar refractivity (Wildman–Crippen MR) is 76.5 cm³/mol. The third-order valence-corrected chi connectivity index (χ3v) is 5.41. The second-order valence-corrected chi connectivity index (χ2v) is 6.68. The van der Waals surface area contributed by atoms with Gasteiger partial charge in [-0.2, -0.15) is 0 Å². The van der Waals surface area contributed by atoms with Crippen molar-refractivity contribution < 1.29 is 4.79 Å². The number of carbonyl (C=O) groups is 1. The molecule has 2 aliphatic carbocycles. The molecule has 3 rings (SSSR count). The molecule has 1 aliphatic heterocycles. The van der Waals surface area contributed by atoms with Crippen LogP contribution in [0.3, 0.4) is 0 Å². The van der Waals surface area contributed by atoms with Crippen LogP contribution in [0.1, 0.15) is 51.4 Å². The van der Waals surface area contributed by atoms with Crippen molar-refractivity contribution in [2.24, 2.45) is 11.8 Å². The number of fused-ring (bicyclic) bond motifs is 2. The maximum Gasteiger partial charge on any atom is 0.244 e. The number of likely N-dealkylation sites (tertiary alicyclic amines) is 1. The molecule has 1 saturated heterocycles. The van der Waals surface area contributed by atoms with Crippen molar-refractivity contribution >= 4 is 5.91 Å². The zero-order chi connectivity index (χ0) is 13.4. The van der Waals surface area contributed by atoms with Gasteiger partial charge in [-0.25, -0.2) is 0 Å². The second kappa shape index (κ2) is 5.28. The molecule has 2 bridgehead atoms. The van der Waals surface area contributed by atoms with Crippen molar-refractivity contribution in [1.29, 1.82) is 0 Å². The van der Waals surface area contributed by atoms with Crippen molar-refractivity contribution in [1.82, 2.24) is 10.2 Å². The van der Waals surface area contributed by atoms with E-state index in [1.54, 1.807) is 0 Å². The fourth-order valence-electron chi connectivity index (χ4n) is 4.47. The number of rotatable bonds is 2. The number of hydrogen-bond donors (Lipinski definition) is 1. The molecule has 0 aromatic rings. The van der Waals surface area contributed by atoms with E-state index in [9.17, 15) is 4.79 Å². The third-order valence-electron chi connectivity index (χ3n) is 5.41. The Kier molecular flexibility index (Phi) is 3.66. The fraction of sp³-hybridized carbons (Fsp3) is 0.812. The quantitative estimate of drug-likeness (QED) is 0.830. The molecule has 3 aliphatic rings. The lowest BCUT2D eigenvalue weighted by Gasteiger charge is -2.38. The first-order valence-electron chi connectivity index (χ1n) is 7.87. The Balaban J connectivity index is 1.79. The SMILES string of the molecule is C=C1CCCC(NC)C(=O)N1C1CC2CCC(C2)C1. The van der Waals surface area contributed by atoms with Crippen molar-refractivity contribution in [3.05, 3.63) is 12.3 Å². The zero-order valence-electron chi connectivity index (χ0n) is 12.0. The van der Waals surface area contributed by atoms with Crippen molar-refractivity contribution in [3.8, 4) is 0 Å². The molecule has 0 aromatic heterocycles. The van der Waals surface area contributed by atoms with Gasteiger partial charge in [0.1, 0.15) is 0 Å². The van der Waals surface area contributed by atoms with Crippen molar-refractivity contribution in [2.75, 3.05) is 7.05 Å². The molecule has 0 radical (unpaired) electrons. The van der Waals surface area contributed by atoms with Gasteiger partial charge in [0.25, 0.3) is 0 Å². The molecule has 3 unspecified atom stereocenters. The van der Waals surface area contributed by atoms with E-state index >= 15 is 0 Å². The molecule has 3 heteroatoms. The first kappa shape index (κ1) is 13.2. The Morgan fingerprint density at radius 3 is 2.47 bits per heavy atom. The highest BCUT2D eigenvalue weighted by Crippen LogP contribution is 2.44. The number of nitrogens with one attached hydrogen (secondary N) is 1. The average Bonchev–Trinajstić information content (AvgIpc) is 2.65. The summed E-state index contributed by atoms with van der Waals surface area (Å²) in [6.45, 7) is 4.20. The Hall–Kier alpha value is -0.830. The van der Waals surface area contributed by atoms with Crippen molar-refractivity contribution in [2.45, 2.75) is 63.5 Å². The van der Waals surface area contributed by atoms with Gasteiger partial charge in [0, 0.05) is 11.7 Å². The maximum absolute atomic E-state index is 12.7. The minimum Gasteiger partial charge on any atom is -0.312 e. The molecule has 106 valence electrons. The molecule has 19 heavy (non-hydrogen) atoms. The Morgan fingerprint density at radius 1 is 1.16 bits per heavy atom. The molecule has 0 aromatic carbocycles. The van der Waals surface area contributed by atoms with Crippen LogP contribution in [-0.4, -0.2) is 29.9 Å². The predicted octanol–water partition coefficient (Wildman–Crippen LogP) is 2.68. The normalized spacial score (nSPS) is 39.5. The van der Waals surface area contributed by atoms with E-state index in [1.165, 1.54) is 32.1 Å². The highest BCUT2D eigenvalue weighted by molar-refractivity contribution is 5.84. The first-order valence-corrected chi connectivity index (χ1v) is 7.87. The molecule has 1 N–H and O–H groups in total. The molecule has 1 amide bonds. The molecule has 0 spiro atoms. The van der Waals surface area contributed by atoms with Crippen LogP contribution in [0.4, 0.5) is 0 Å². The highest BCUT2D eigenvalue weighted by Gasteiger charge is 2.40. The largest absolute Gasteiger partial charge is 0.312 e. The smallest absolute Gasteiger partial charge is 0.244 e. The van der Waals surface area contributed by atoms with Crippen LogP contribution in [0.15, 0.2) is 12.3 Å². The van der Waals surface area contributed by atoms with Gasteiger partial charge in [0.15, 0.2) is 0 Å². The van der Waals surface area contributed by atoms with E-state index in [-0.39, 0.29) is 11.9 Å². The van der Waals surface area contributed by atoms with Gasteiger partial charge in [0.2, 0.25) is 5.91 Å². The standard InChI is InChI=1S/C16H26N2O/c1-11-4-3-5-15(17-2)16(19)18(11)14-9-12-6-7-13(8-12)10-14/h12-15,17H,1,3-10H2,2H3. The second-order valence-electron chi connectivity index (χ2n) is 6.68. The van der Waals surface area contributed by atoms with Gasteiger partial charge in [-0.1, -0.05) is 19.4 Å². The summed E-state index contributed by atoms with van der Waals surface area (Å²) in [4.78, 5) is 14.8. The molecule has 3 fully saturated rings. The van der Waals surface area contributed by atoms with Crippen molar-refractivity contribution in [3.63, 3.8) is 0 Å². The number of hydrogen-bond acceptors (Lipinski definition) is 2. The maximum atomic E-state index is 12.7. The van der Waals surface area contributed by atoms with Crippen LogP contribution in [0.5, 0.6) is 0 Å². The number of carbonyl (C=O) groups excluding carboxylic acids is 1. The summed E-state index contributed by atoms with van der Waals surface area (Å²) in [5, 5.41) is 3.19. The van der Waals surface area contributed by atoms with E-state index in [1.807, 2.05) is 7.05 Å². The lowest BCUT2D eigenvalue weighted by Crippen LogP contribution is -2.49. The Labute approximate surface area is 116 Å². The van der Waals surface area contributed by atoms with Crippen LogP contribution in [-0.2, 0) is 4.79 Å². The fourth-order valence-corrected chi connectivity index (χ4v) is 4.47. The summed E-state index contributed by atoms with van der Waals surface area (Å²) < 4.78 is 0. The molecule has 3 atom stereocenters. The minimum atomic E-state index is -0.00108. The number of likely N-dealkylation sites (N-methyl/N-ethyl adjacent to an activating group) is 1. The van der Waals surface area contributed by atoms with E-state index in [2.05, 4.69) is 16.8 Å². The Bertz CT molecular complexity index is 367. The summed E-state index contributed by atoms with van der Waals surface area (Å²) in [5.41, 5.74) is 1.06. The van der Waals surface area contributed by atoms with E-state index < -0.39 is 0 Å². The lowest BCUT2D eigenvalue weighted by molar-refractivity contribution is -0.134. The van der Waals surface area contributed by atoms with Gasteiger partial charge in [0.05, 0.1) is 6.04 Å². The van der Waals surface area contributed by atoms with Crippen LogP contribution in [0.25, 0.3) is 0 Å². The van der Waals surface area contributed by atoms with Crippen LogP contribution < -0.4 is 5.32 Å². The summed E-state index contributed by atoms with van der Waals surface area (Å²) in [6, 6.07) is 0.430. The first-order chi connectivity index (χ1) is 9.19. The summed E-state index contributed by atoms with van der Waals surface area (Å²) in [6.07, 6.45) is 9.58. The van der Waals surface area contributed by atoms with Gasteiger partial charge in [-0.3, -0.25) is 4.79 Å². The number of amides is 1. The van der Waals surface area contributed by atoms with Gasteiger partial charge < -0.3 is 10.2 Å². The molecular weight excluding hydrogens is 236 g/mol. The van der Waals surface area contributed by atoms with Crippen LogP contribution >= 0.6 is 0 Å². The highest BCUT2D eigenvalue weighted by atomic mass is 16.2. The zero-order valence-corrected chi connectivity index (χ0v) is 12.0. The lowest BCUT2D eigenvalue weighted by atomic mass is 9.84. The number of nitrogens with zero attached hydrogens (tertiary/aromatic N) is 1. The topological polar surface area (TPSA) is 32.3 Å². The number of allylic oxidation sites excluding steroid dienone is 1. The van der Waals surface area contributed by atoms with E-state index in [0.29, 0.717) is 6.04 Å². The van der Waals surface area contributed by atoms with Crippen LogP contribution in [0.2, 0.25) is 0 Å². The summed E-state index contributed by atoms with van der Waals surface area (Å²) in [5.74, 6) is 2.00. The average molecular weight is 262 g/mol. The van der Waals surface area contributed by atoms with Gasteiger partial charge in [-0.15, -0.1) is 0 Å². The van der Waals surface area contributed by atoms with Gasteiger partial charge >= 0.3 is 0 Å². The van der Waals surface area contributed by atoms with E-state index in [4.69, 9.17) is 0 Å². The molecule has 1 heterocycles. The third kappa shape index (κ3) is 2.45. The Morgan fingerprint density at radius 2 is 1.84 bits per heavy atom. The minimum absolute atomic E-state index is 0.00108. The summed E-state index contributed by atoms with van der Waals surface area (Å²) >= 11 is 0. The monoisotopic (exact) mass is 262 g/mol. The van der Waals surface area contributed by atoms with Gasteiger partial charge in [-0.05, 0) is 57.4 Å². The molecule has 3 nitrogen and oxygen atoms in total. The van der Waals surface area contributed by atoms with E-state index in [0.717, 1.165) is 36.8 Å². The molecular formula is C16H26N2O. The molecule has 2 saturated carbocycles. The van der Waals surface area contributed by atoms with Crippen LogP contribution in [0, 0.1) is 11.8 Å².